The van der Waals surface area contributed by atoms with Crippen LogP contribution in [0.3, 0.4) is 0 Å². The van der Waals surface area contributed by atoms with E-state index in [-0.39, 0.29) is 20.5 Å². The van der Waals surface area contributed by atoms with Gasteiger partial charge < -0.3 is 0 Å². The molecule has 1 aromatic heterocycles. The molecule has 1 aromatic carbocycles. The molecule has 0 saturated heterocycles. The van der Waals surface area contributed by atoms with Crippen LogP contribution in [-0.2, 0) is 0 Å². The maximum absolute atomic E-state index is 9.72. The molecule has 3 N–H and O–H groups in total. The Hall–Kier alpha value is -1.32. The number of aromatic nitrogens is 2. The van der Waals surface area contributed by atoms with E-state index >= 15 is 0 Å². The fraction of sp³-hybridized carbons (Fsp3) is 0.111. The predicted molar refractivity (Wildman–Crippen MR) is 55.2 cm³/mol. The molecule has 0 aliphatic carbocycles. The van der Waals surface area contributed by atoms with Gasteiger partial charge in [0.05, 0.1) is 0 Å². The summed E-state index contributed by atoms with van der Waals surface area (Å²) in [5, 5.41) is 13.7. The van der Waals surface area contributed by atoms with Gasteiger partial charge in [-0.15, -0.1) is 0 Å². The third-order valence-electron chi connectivity index (χ3n) is 1.92. The van der Waals surface area contributed by atoms with E-state index in [2.05, 4.69) is 9.19 Å². The summed E-state index contributed by atoms with van der Waals surface area (Å²) in [7, 11) is 0. The van der Waals surface area contributed by atoms with Crippen molar-refractivity contribution in [3.8, 4) is 17.0 Å². The van der Waals surface area contributed by atoms with Crippen LogP contribution in [0.4, 0.5) is 5.69 Å². The molecule has 0 atom stereocenters. The van der Waals surface area contributed by atoms with Crippen molar-refractivity contribution in [2.24, 2.45) is 0 Å². The molecule has 0 saturated carbocycles. The molecule has 5 heteroatoms. The SMILES string of the molecule is Cc1cc(N)c(O)c(-c2c[se]nn2)c1. The Balaban J connectivity index is 2.64. The van der Waals surface area contributed by atoms with Crippen molar-refractivity contribution < 1.29 is 5.11 Å². The Morgan fingerprint density at radius 1 is 1.43 bits per heavy atom. The van der Waals surface area contributed by atoms with Gasteiger partial charge in [0, 0.05) is 0 Å². The molecular formula is C9H9N3OSe. The molecule has 0 unspecified atom stereocenters. The normalized spacial score (nSPS) is 10.4. The van der Waals surface area contributed by atoms with Crippen LogP contribution in [0.5, 0.6) is 5.75 Å². The van der Waals surface area contributed by atoms with Crippen molar-refractivity contribution in [3.63, 3.8) is 0 Å². The van der Waals surface area contributed by atoms with Crippen molar-refractivity contribution in [1.29, 1.82) is 0 Å². The molecule has 14 heavy (non-hydrogen) atoms. The van der Waals surface area contributed by atoms with E-state index in [4.69, 9.17) is 5.73 Å². The van der Waals surface area contributed by atoms with E-state index in [0.717, 1.165) is 11.3 Å². The Bertz CT molecular complexity index is 453. The average Bonchev–Trinajstić information content (AvgIpc) is 2.63. The number of rotatable bonds is 1. The first-order valence-corrected chi connectivity index (χ1v) is 5.80. The number of hydrogen-bond acceptors (Lipinski definition) is 4. The van der Waals surface area contributed by atoms with Crippen molar-refractivity contribution in [2.75, 3.05) is 5.73 Å². The number of hydrogen-bond donors (Lipinski definition) is 2. The van der Waals surface area contributed by atoms with E-state index in [9.17, 15) is 5.11 Å². The van der Waals surface area contributed by atoms with Gasteiger partial charge in [0.15, 0.2) is 0 Å². The van der Waals surface area contributed by atoms with Crippen molar-refractivity contribution in [1.82, 2.24) is 9.19 Å². The van der Waals surface area contributed by atoms with Gasteiger partial charge in [0.25, 0.3) is 0 Å². The summed E-state index contributed by atoms with van der Waals surface area (Å²) < 4.78 is 3.88. The predicted octanol–water partition coefficient (Wildman–Crippen LogP) is 0.797. The second kappa shape index (κ2) is 3.44. The fourth-order valence-electron chi connectivity index (χ4n) is 1.28. The van der Waals surface area contributed by atoms with Gasteiger partial charge in [0.2, 0.25) is 0 Å². The first-order chi connectivity index (χ1) is 6.68. The monoisotopic (exact) mass is 255 g/mol. The van der Waals surface area contributed by atoms with Crippen LogP contribution in [0.25, 0.3) is 11.3 Å². The van der Waals surface area contributed by atoms with E-state index in [1.165, 1.54) is 0 Å². The van der Waals surface area contributed by atoms with Crippen LogP contribution in [0, 0.1) is 6.92 Å². The molecule has 1 heterocycles. The molecule has 0 radical (unpaired) electrons. The Labute approximate surface area is 87.4 Å². The van der Waals surface area contributed by atoms with Crippen LogP contribution < -0.4 is 5.73 Å². The average molecular weight is 254 g/mol. The minimum atomic E-state index is 0.0697. The number of phenolic OH excluding ortho intramolecular Hbond substituents is 1. The summed E-state index contributed by atoms with van der Waals surface area (Å²) >= 11 is 0.0697. The van der Waals surface area contributed by atoms with Crippen LogP contribution in [0.2, 0.25) is 0 Å². The van der Waals surface area contributed by atoms with Gasteiger partial charge in [-0.1, -0.05) is 0 Å². The van der Waals surface area contributed by atoms with Crippen molar-refractivity contribution in [2.45, 2.75) is 6.92 Å². The molecule has 0 aliphatic rings. The van der Waals surface area contributed by atoms with Gasteiger partial charge >= 0.3 is 87.0 Å². The molecule has 0 spiro atoms. The second-order valence-electron chi connectivity index (χ2n) is 3.04. The molecule has 4 nitrogen and oxygen atoms in total. The van der Waals surface area contributed by atoms with E-state index in [1.807, 2.05) is 17.9 Å². The number of nitrogen functional groups attached to an aromatic ring is 1. The fourth-order valence-corrected chi connectivity index (χ4v) is 2.24. The summed E-state index contributed by atoms with van der Waals surface area (Å²) in [6.07, 6.45) is 0. The molecule has 0 amide bonds. The summed E-state index contributed by atoms with van der Waals surface area (Å²) in [6, 6.07) is 3.59. The minimum absolute atomic E-state index is 0.0697. The number of aryl methyl sites for hydroxylation is 1. The molecule has 0 aliphatic heterocycles. The Morgan fingerprint density at radius 3 is 2.86 bits per heavy atom. The number of benzene rings is 1. The number of aromatic hydroxyl groups is 1. The molecule has 0 bridgehead atoms. The number of nitrogens with two attached hydrogens (primary N) is 1. The van der Waals surface area contributed by atoms with E-state index in [1.54, 1.807) is 6.07 Å². The summed E-state index contributed by atoms with van der Waals surface area (Å²) in [4.78, 5) is 1.92. The third-order valence-corrected chi connectivity index (χ3v) is 2.98. The first-order valence-electron chi connectivity index (χ1n) is 4.05. The maximum atomic E-state index is 9.72. The van der Waals surface area contributed by atoms with Gasteiger partial charge in [-0.05, 0) is 0 Å². The molecule has 72 valence electrons. The molecule has 2 aromatic rings. The number of nitrogens with zero attached hydrogens (tertiary/aromatic N) is 2. The first kappa shape index (κ1) is 9.24. The van der Waals surface area contributed by atoms with Crippen molar-refractivity contribution >= 4 is 20.4 Å². The number of phenols is 1. The second-order valence-corrected chi connectivity index (χ2v) is 4.32. The third kappa shape index (κ3) is 1.52. The Kier molecular flexibility index (Phi) is 2.27. The summed E-state index contributed by atoms with van der Waals surface area (Å²) in [6.45, 7) is 1.93. The summed E-state index contributed by atoms with van der Waals surface area (Å²) in [5.74, 6) is 0.0958. The standard InChI is InChI=1S/C9H9N3OSe/c1-5-2-6(8-4-14-12-11-8)9(13)7(10)3-5/h2-4,13H,10H2,1H3. The zero-order valence-electron chi connectivity index (χ0n) is 7.56. The van der Waals surface area contributed by atoms with Gasteiger partial charge in [-0.2, -0.15) is 0 Å². The van der Waals surface area contributed by atoms with Crippen molar-refractivity contribution in [3.05, 3.63) is 22.6 Å². The molecular weight excluding hydrogens is 245 g/mol. The molecule has 2 rings (SSSR count). The number of anilines is 1. The van der Waals surface area contributed by atoms with Crippen LogP contribution in [0.1, 0.15) is 5.56 Å². The van der Waals surface area contributed by atoms with Crippen LogP contribution >= 0.6 is 0 Å². The quantitative estimate of drug-likeness (QED) is 0.448. The summed E-state index contributed by atoms with van der Waals surface area (Å²) in [5.41, 5.74) is 8.43. The van der Waals surface area contributed by atoms with E-state index < -0.39 is 0 Å². The van der Waals surface area contributed by atoms with Gasteiger partial charge in [-0.3, -0.25) is 0 Å². The molecule has 0 fully saturated rings. The zero-order valence-corrected chi connectivity index (χ0v) is 9.27. The van der Waals surface area contributed by atoms with Gasteiger partial charge in [-0.25, -0.2) is 0 Å². The Morgan fingerprint density at radius 2 is 2.21 bits per heavy atom. The topological polar surface area (TPSA) is 72.0 Å². The van der Waals surface area contributed by atoms with Crippen LogP contribution in [0.15, 0.2) is 17.1 Å². The van der Waals surface area contributed by atoms with E-state index in [0.29, 0.717) is 11.3 Å². The zero-order chi connectivity index (χ0) is 10.1. The van der Waals surface area contributed by atoms with Crippen LogP contribution in [-0.4, -0.2) is 29.0 Å². The van der Waals surface area contributed by atoms with Gasteiger partial charge in [0.1, 0.15) is 0 Å².